The molecule has 2 aliphatic carbocycles. The van der Waals surface area contributed by atoms with E-state index in [4.69, 9.17) is 4.99 Å². The lowest BCUT2D eigenvalue weighted by Gasteiger charge is -2.28. The Bertz CT molecular complexity index is 610. The van der Waals surface area contributed by atoms with E-state index in [1.165, 1.54) is 31.2 Å². The minimum Gasteiger partial charge on any atom is -0.357 e. The molecule has 0 saturated heterocycles. The molecule has 0 bridgehead atoms. The molecule has 2 saturated carbocycles. The number of amides is 1. The number of carbonyl (C=O) groups excluding carboxylic acids is 1. The van der Waals surface area contributed by atoms with Gasteiger partial charge in [0.2, 0.25) is 5.91 Å². The van der Waals surface area contributed by atoms with E-state index in [-0.39, 0.29) is 41.2 Å². The molecule has 1 aromatic carbocycles. The molecule has 6 heteroatoms. The third kappa shape index (κ3) is 6.36. The zero-order valence-corrected chi connectivity index (χ0v) is 18.6. The van der Waals surface area contributed by atoms with Crippen molar-refractivity contribution in [2.24, 2.45) is 10.9 Å². The number of carbonyl (C=O) groups is 1. The first-order valence-electron chi connectivity index (χ1n) is 10.1. The average molecular weight is 484 g/mol. The Kier molecular flexibility index (Phi) is 8.86. The largest absolute Gasteiger partial charge is 0.357 e. The highest BCUT2D eigenvalue weighted by Crippen LogP contribution is 2.41. The molecule has 3 rings (SSSR count). The number of rotatable bonds is 8. The fourth-order valence-corrected chi connectivity index (χ4v) is 3.81. The first-order chi connectivity index (χ1) is 12.7. The lowest BCUT2D eigenvalue weighted by atomic mass is 9.79. The van der Waals surface area contributed by atoms with Crippen LogP contribution < -0.4 is 16.0 Å². The highest BCUT2D eigenvalue weighted by molar-refractivity contribution is 14.0. The second-order valence-corrected chi connectivity index (χ2v) is 7.54. The second-order valence-electron chi connectivity index (χ2n) is 7.54. The van der Waals surface area contributed by atoms with Gasteiger partial charge >= 0.3 is 0 Å². The third-order valence-corrected chi connectivity index (χ3v) is 5.50. The van der Waals surface area contributed by atoms with Gasteiger partial charge in [-0.3, -0.25) is 9.79 Å². The van der Waals surface area contributed by atoms with Gasteiger partial charge in [-0.1, -0.05) is 43.2 Å². The highest BCUT2D eigenvalue weighted by atomic mass is 127. The molecule has 0 heterocycles. The summed E-state index contributed by atoms with van der Waals surface area (Å²) in [4.78, 5) is 16.6. The van der Waals surface area contributed by atoms with Crippen LogP contribution in [0.25, 0.3) is 0 Å². The van der Waals surface area contributed by atoms with E-state index in [0.717, 1.165) is 31.9 Å². The van der Waals surface area contributed by atoms with Crippen molar-refractivity contribution in [3.05, 3.63) is 35.9 Å². The van der Waals surface area contributed by atoms with E-state index >= 15 is 0 Å². The third-order valence-electron chi connectivity index (χ3n) is 5.50. The van der Waals surface area contributed by atoms with Gasteiger partial charge in [0.05, 0.1) is 6.54 Å². The van der Waals surface area contributed by atoms with Crippen molar-refractivity contribution in [3.63, 3.8) is 0 Å². The Morgan fingerprint density at radius 2 is 1.74 bits per heavy atom. The van der Waals surface area contributed by atoms with E-state index in [9.17, 15) is 4.79 Å². The normalized spacial score (nSPS) is 18.5. The van der Waals surface area contributed by atoms with Gasteiger partial charge in [-0.05, 0) is 38.2 Å². The van der Waals surface area contributed by atoms with E-state index < -0.39 is 0 Å². The van der Waals surface area contributed by atoms with Gasteiger partial charge in [-0.2, -0.15) is 0 Å². The van der Waals surface area contributed by atoms with Crippen LogP contribution >= 0.6 is 24.0 Å². The standard InChI is InChI=1S/C21H32N4O.HI/c1-2-22-20(24-15-14-23-19(26)17-10-11-17)25-16-21(12-6-7-13-21)18-8-4-3-5-9-18;/h3-5,8-9,17H,2,6-7,10-16H2,1H3,(H,23,26)(H2,22,24,25);1H. The summed E-state index contributed by atoms with van der Waals surface area (Å²) >= 11 is 0. The number of nitrogens with zero attached hydrogens (tertiary/aromatic N) is 1. The first kappa shape index (κ1) is 22.0. The second kappa shape index (κ2) is 10.9. The topological polar surface area (TPSA) is 65.5 Å². The number of hydrogen-bond donors (Lipinski definition) is 3. The van der Waals surface area contributed by atoms with Crippen molar-refractivity contribution >= 4 is 35.8 Å². The van der Waals surface area contributed by atoms with Crippen LogP contribution in [-0.4, -0.2) is 38.0 Å². The number of benzene rings is 1. The predicted octanol–water partition coefficient (Wildman–Crippen LogP) is 3.20. The minimum atomic E-state index is 0. The molecule has 2 fully saturated rings. The Balaban J connectivity index is 0.00000261. The number of aliphatic imine (C=N–C) groups is 1. The maximum absolute atomic E-state index is 11.7. The van der Waals surface area contributed by atoms with Crippen LogP contribution in [-0.2, 0) is 10.2 Å². The predicted molar refractivity (Wildman–Crippen MR) is 122 cm³/mol. The quantitative estimate of drug-likeness (QED) is 0.230. The van der Waals surface area contributed by atoms with Gasteiger partial charge in [-0.25, -0.2) is 0 Å². The molecule has 3 N–H and O–H groups in total. The zero-order valence-electron chi connectivity index (χ0n) is 16.3. The molecule has 0 atom stereocenters. The van der Waals surface area contributed by atoms with Gasteiger partial charge in [0.25, 0.3) is 0 Å². The molecule has 0 radical (unpaired) electrons. The lowest BCUT2D eigenvalue weighted by Crippen LogP contribution is -2.42. The molecule has 1 amide bonds. The Labute approximate surface area is 180 Å². The van der Waals surface area contributed by atoms with Crippen molar-refractivity contribution in [1.82, 2.24) is 16.0 Å². The summed E-state index contributed by atoms with van der Waals surface area (Å²) in [6, 6.07) is 10.8. The van der Waals surface area contributed by atoms with Crippen LogP contribution in [0.3, 0.4) is 0 Å². The van der Waals surface area contributed by atoms with Gasteiger partial charge in [0.1, 0.15) is 0 Å². The fraction of sp³-hybridized carbons (Fsp3) is 0.619. The molecule has 0 spiro atoms. The van der Waals surface area contributed by atoms with Crippen molar-refractivity contribution in [2.45, 2.75) is 50.9 Å². The van der Waals surface area contributed by atoms with Gasteiger partial charge in [-0.15, -0.1) is 24.0 Å². The summed E-state index contributed by atoms with van der Waals surface area (Å²) in [6.07, 6.45) is 7.06. The SMILES string of the molecule is CCNC(=NCC1(c2ccccc2)CCCC1)NCCNC(=O)C1CC1.I. The van der Waals surface area contributed by atoms with E-state index in [1.54, 1.807) is 0 Å². The van der Waals surface area contributed by atoms with Crippen LogP contribution in [0, 0.1) is 5.92 Å². The van der Waals surface area contributed by atoms with Gasteiger partial charge in [0.15, 0.2) is 5.96 Å². The summed E-state index contributed by atoms with van der Waals surface area (Å²) in [5, 5.41) is 9.67. The molecular formula is C21H33IN4O. The fourth-order valence-electron chi connectivity index (χ4n) is 3.81. The minimum absolute atomic E-state index is 0. The maximum atomic E-state index is 11.7. The number of nitrogens with one attached hydrogen (secondary N) is 3. The summed E-state index contributed by atoms with van der Waals surface area (Å²) in [5.41, 5.74) is 1.58. The van der Waals surface area contributed by atoms with Gasteiger partial charge < -0.3 is 16.0 Å². The van der Waals surface area contributed by atoms with E-state index in [2.05, 4.69) is 53.2 Å². The highest BCUT2D eigenvalue weighted by Gasteiger charge is 2.35. The Morgan fingerprint density at radius 1 is 1.07 bits per heavy atom. The Hall–Kier alpha value is -1.31. The van der Waals surface area contributed by atoms with Gasteiger partial charge in [0, 0.05) is 31.0 Å². The zero-order chi connectivity index (χ0) is 18.2. The van der Waals surface area contributed by atoms with Crippen LogP contribution in [0.5, 0.6) is 0 Å². The van der Waals surface area contributed by atoms with E-state index in [1.807, 2.05) is 0 Å². The number of hydrogen-bond acceptors (Lipinski definition) is 2. The Morgan fingerprint density at radius 3 is 2.37 bits per heavy atom. The van der Waals surface area contributed by atoms with Crippen LogP contribution in [0.15, 0.2) is 35.3 Å². The maximum Gasteiger partial charge on any atom is 0.223 e. The molecule has 27 heavy (non-hydrogen) atoms. The summed E-state index contributed by atoms with van der Waals surface area (Å²) < 4.78 is 0. The van der Waals surface area contributed by atoms with E-state index in [0.29, 0.717) is 13.1 Å². The first-order valence-corrected chi connectivity index (χ1v) is 10.1. The summed E-state index contributed by atoms with van der Waals surface area (Å²) in [6.45, 7) is 5.06. The van der Waals surface area contributed by atoms with Crippen molar-refractivity contribution in [3.8, 4) is 0 Å². The van der Waals surface area contributed by atoms with Crippen LogP contribution in [0.2, 0.25) is 0 Å². The van der Waals surface area contributed by atoms with Crippen molar-refractivity contribution in [2.75, 3.05) is 26.2 Å². The summed E-state index contributed by atoms with van der Waals surface area (Å²) in [5.74, 6) is 1.31. The smallest absolute Gasteiger partial charge is 0.223 e. The number of guanidine groups is 1. The molecule has 1 aromatic rings. The average Bonchev–Trinajstić information content (AvgIpc) is 3.42. The molecule has 2 aliphatic rings. The number of halogens is 1. The van der Waals surface area contributed by atoms with Crippen LogP contribution in [0.1, 0.15) is 51.0 Å². The van der Waals surface area contributed by atoms with Crippen molar-refractivity contribution < 1.29 is 4.79 Å². The molecular weight excluding hydrogens is 451 g/mol. The van der Waals surface area contributed by atoms with Crippen molar-refractivity contribution in [1.29, 1.82) is 0 Å². The molecule has 0 aromatic heterocycles. The monoisotopic (exact) mass is 484 g/mol. The molecule has 5 nitrogen and oxygen atoms in total. The molecule has 0 unspecified atom stereocenters. The summed E-state index contributed by atoms with van der Waals surface area (Å²) in [7, 11) is 0. The molecule has 0 aliphatic heterocycles. The molecule has 150 valence electrons. The lowest BCUT2D eigenvalue weighted by molar-refractivity contribution is -0.122. The van der Waals surface area contributed by atoms with Crippen LogP contribution in [0.4, 0.5) is 0 Å².